The lowest BCUT2D eigenvalue weighted by Gasteiger charge is -2.39. The van der Waals surface area contributed by atoms with Crippen molar-refractivity contribution < 1.29 is 14.5 Å². The highest BCUT2D eigenvalue weighted by Crippen LogP contribution is 2.42. The fourth-order valence-corrected chi connectivity index (χ4v) is 4.86. The summed E-state index contributed by atoms with van der Waals surface area (Å²) in [6.45, 7) is 4.64. The Bertz CT molecular complexity index is 952. The van der Waals surface area contributed by atoms with Crippen molar-refractivity contribution in [2.24, 2.45) is 10.8 Å². The molecule has 10 heteroatoms. The molecule has 2 fully saturated rings. The summed E-state index contributed by atoms with van der Waals surface area (Å²) in [5, 5.41) is 21.4. The van der Waals surface area contributed by atoms with E-state index in [4.69, 9.17) is 10.5 Å². The van der Waals surface area contributed by atoms with Crippen molar-refractivity contribution in [3.8, 4) is 0 Å². The van der Waals surface area contributed by atoms with Gasteiger partial charge in [0.2, 0.25) is 5.96 Å². The van der Waals surface area contributed by atoms with Crippen LogP contribution in [0.1, 0.15) is 63.0 Å². The van der Waals surface area contributed by atoms with Gasteiger partial charge in [-0.15, -0.1) is 5.10 Å². The number of benzene rings is 1. The van der Waals surface area contributed by atoms with Gasteiger partial charge in [0.15, 0.2) is 0 Å². The second kappa shape index (κ2) is 9.78. The van der Waals surface area contributed by atoms with Gasteiger partial charge in [0.05, 0.1) is 10.5 Å². The Labute approximate surface area is 193 Å². The van der Waals surface area contributed by atoms with Crippen molar-refractivity contribution in [1.29, 1.82) is 0 Å². The molecule has 178 valence electrons. The largest absolute Gasteiger partial charge is 0.436 e. The van der Waals surface area contributed by atoms with Gasteiger partial charge in [-0.2, -0.15) is 5.01 Å². The minimum Gasteiger partial charge on any atom is -0.436 e. The molecule has 0 aromatic heterocycles. The summed E-state index contributed by atoms with van der Waals surface area (Å²) in [5.74, 6) is 0.0709. The maximum Gasteiger partial charge on any atom is 0.432 e. The van der Waals surface area contributed by atoms with Crippen molar-refractivity contribution in [1.82, 2.24) is 15.0 Å². The van der Waals surface area contributed by atoms with Crippen molar-refractivity contribution in [3.05, 3.63) is 45.5 Å². The molecular weight excluding hydrogens is 424 g/mol. The zero-order chi connectivity index (χ0) is 23.4. The first-order chi connectivity index (χ1) is 15.9. The van der Waals surface area contributed by atoms with E-state index >= 15 is 0 Å². The van der Waals surface area contributed by atoms with Gasteiger partial charge in [0.1, 0.15) is 5.60 Å². The van der Waals surface area contributed by atoms with Crippen molar-refractivity contribution in [2.45, 2.75) is 57.5 Å². The number of hydrazone groups is 1. The molecular formula is C23H32N6O4. The van der Waals surface area contributed by atoms with Gasteiger partial charge < -0.3 is 10.5 Å². The zero-order valence-electron chi connectivity index (χ0n) is 19.1. The second-order valence-electron chi connectivity index (χ2n) is 9.00. The average Bonchev–Trinajstić information content (AvgIpc) is 2.80. The standard InChI is InChI=1S/C23H32N6O4/c1-23(13-9-11-18-10-8-12-19(20(18)23)29(31)32)33-22(30)28(27-16-6-3-7-17-27)21(24)25-26-14-4-2-5-15-26/h8-12H,2-7,13-17H2,1H3,(H2,24,25). The quantitative estimate of drug-likeness (QED) is 0.317. The van der Waals surface area contributed by atoms with Crippen LogP contribution < -0.4 is 5.73 Å². The number of ether oxygens (including phenoxy) is 1. The molecule has 0 spiro atoms. The van der Waals surface area contributed by atoms with E-state index in [2.05, 4.69) is 5.10 Å². The number of nitro benzene ring substituents is 1. The number of nitro groups is 1. The normalized spacial score (nSPS) is 23.7. The summed E-state index contributed by atoms with van der Waals surface area (Å²) in [5.41, 5.74) is 6.17. The smallest absolute Gasteiger partial charge is 0.432 e. The Balaban J connectivity index is 1.64. The third-order valence-corrected chi connectivity index (χ3v) is 6.50. The molecule has 1 aromatic carbocycles. The minimum absolute atomic E-state index is 0.0633. The number of rotatable bonds is 4. The van der Waals surface area contributed by atoms with E-state index in [1.54, 1.807) is 19.1 Å². The maximum absolute atomic E-state index is 13.6. The first-order valence-corrected chi connectivity index (χ1v) is 11.7. The number of hydrogen-bond donors (Lipinski definition) is 1. The Morgan fingerprint density at radius 3 is 2.48 bits per heavy atom. The van der Waals surface area contributed by atoms with E-state index in [0.717, 1.165) is 51.6 Å². The van der Waals surface area contributed by atoms with Crippen LogP contribution >= 0.6 is 0 Å². The Morgan fingerprint density at radius 2 is 1.82 bits per heavy atom. The molecule has 1 amide bonds. The lowest BCUT2D eigenvalue weighted by atomic mass is 9.83. The highest BCUT2D eigenvalue weighted by molar-refractivity contribution is 5.92. The summed E-state index contributed by atoms with van der Waals surface area (Å²) in [7, 11) is 0. The molecule has 0 radical (unpaired) electrons. The number of amides is 1. The highest BCUT2D eigenvalue weighted by atomic mass is 16.6. The van der Waals surface area contributed by atoms with Gasteiger partial charge in [-0.3, -0.25) is 15.1 Å². The van der Waals surface area contributed by atoms with Crippen LogP contribution in [0.2, 0.25) is 0 Å². The van der Waals surface area contributed by atoms with Crippen LogP contribution in [0, 0.1) is 10.1 Å². The molecule has 3 aliphatic rings. The van der Waals surface area contributed by atoms with Gasteiger partial charge in [0, 0.05) is 38.7 Å². The molecule has 33 heavy (non-hydrogen) atoms. The molecule has 1 unspecified atom stereocenters. The third-order valence-electron chi connectivity index (χ3n) is 6.50. The topological polar surface area (TPSA) is 118 Å². The summed E-state index contributed by atoms with van der Waals surface area (Å²) in [4.78, 5) is 24.9. The van der Waals surface area contributed by atoms with Crippen molar-refractivity contribution >= 4 is 23.8 Å². The Hall–Kier alpha value is -3.14. The fourth-order valence-electron chi connectivity index (χ4n) is 4.86. The average molecular weight is 457 g/mol. The van der Waals surface area contributed by atoms with Gasteiger partial charge >= 0.3 is 6.09 Å². The number of hydrogen-bond acceptors (Lipinski definition) is 7. The van der Waals surface area contributed by atoms with E-state index in [-0.39, 0.29) is 11.6 Å². The minimum atomic E-state index is -1.20. The van der Waals surface area contributed by atoms with E-state index < -0.39 is 16.6 Å². The highest BCUT2D eigenvalue weighted by Gasteiger charge is 2.42. The molecule has 0 saturated carbocycles. The van der Waals surface area contributed by atoms with Gasteiger partial charge in [-0.05, 0) is 44.6 Å². The number of hydrazine groups is 1. The van der Waals surface area contributed by atoms with Gasteiger partial charge in [0.25, 0.3) is 5.69 Å². The fraction of sp³-hybridized carbons (Fsp3) is 0.565. The van der Waals surface area contributed by atoms with Crippen LogP contribution in [0.3, 0.4) is 0 Å². The summed E-state index contributed by atoms with van der Waals surface area (Å²) >= 11 is 0. The summed E-state index contributed by atoms with van der Waals surface area (Å²) < 4.78 is 6.03. The maximum atomic E-state index is 13.6. The predicted octanol–water partition coefficient (Wildman–Crippen LogP) is 3.78. The molecule has 2 heterocycles. The number of nitrogens with zero attached hydrogens (tertiary/aromatic N) is 5. The SMILES string of the molecule is CC1(OC(=O)N(/C(N)=N/N2CCCCC2)N2CCCCC2)CC=Cc2cccc([N+](=O)[O-])c21. The van der Waals surface area contributed by atoms with Crippen LogP contribution in [-0.2, 0) is 10.3 Å². The molecule has 2 N–H and O–H groups in total. The van der Waals surface area contributed by atoms with Gasteiger partial charge in [-0.25, -0.2) is 9.80 Å². The molecule has 1 aromatic rings. The Kier molecular flexibility index (Phi) is 6.83. The molecule has 2 saturated heterocycles. The predicted molar refractivity (Wildman–Crippen MR) is 125 cm³/mol. The number of carbonyl (C=O) groups excluding carboxylic acids is 1. The van der Waals surface area contributed by atoms with Crippen LogP contribution in [0.4, 0.5) is 10.5 Å². The molecule has 4 rings (SSSR count). The number of piperidine rings is 2. The number of nitrogens with two attached hydrogens (primary N) is 1. The van der Waals surface area contributed by atoms with E-state index in [9.17, 15) is 14.9 Å². The summed E-state index contributed by atoms with van der Waals surface area (Å²) in [6, 6.07) is 4.87. The first-order valence-electron chi connectivity index (χ1n) is 11.7. The molecule has 1 atom stereocenters. The van der Waals surface area contributed by atoms with Crippen molar-refractivity contribution in [3.63, 3.8) is 0 Å². The van der Waals surface area contributed by atoms with E-state index in [1.807, 2.05) is 22.2 Å². The molecule has 0 bridgehead atoms. The van der Waals surface area contributed by atoms with Crippen molar-refractivity contribution in [2.75, 3.05) is 26.2 Å². The van der Waals surface area contributed by atoms with Crippen LogP contribution in [-0.4, -0.2) is 58.2 Å². The van der Waals surface area contributed by atoms with Gasteiger partial charge in [-0.1, -0.05) is 30.7 Å². The number of carbonyl (C=O) groups is 1. The molecule has 1 aliphatic carbocycles. The number of fused-ring (bicyclic) bond motifs is 1. The van der Waals surface area contributed by atoms with Crippen LogP contribution in [0.5, 0.6) is 0 Å². The summed E-state index contributed by atoms with van der Waals surface area (Å²) in [6.07, 6.45) is 9.56. The van der Waals surface area contributed by atoms with Crippen LogP contribution in [0.25, 0.3) is 6.08 Å². The second-order valence-corrected chi connectivity index (χ2v) is 9.00. The lowest BCUT2D eigenvalue weighted by Crippen LogP contribution is -2.56. The zero-order valence-corrected chi connectivity index (χ0v) is 19.1. The first kappa shape index (κ1) is 23.0. The van der Waals surface area contributed by atoms with E-state index in [1.165, 1.54) is 11.1 Å². The molecule has 10 nitrogen and oxygen atoms in total. The van der Waals surface area contributed by atoms with E-state index in [0.29, 0.717) is 30.6 Å². The number of guanidine groups is 1. The third kappa shape index (κ3) is 4.95. The molecule has 2 aliphatic heterocycles. The lowest BCUT2D eigenvalue weighted by molar-refractivity contribution is -0.386. The monoisotopic (exact) mass is 456 g/mol. The van der Waals surface area contributed by atoms with Crippen LogP contribution in [0.15, 0.2) is 29.4 Å². The Morgan fingerprint density at radius 1 is 1.15 bits per heavy atom.